The Morgan fingerprint density at radius 2 is 1.89 bits per heavy atom. The van der Waals surface area contributed by atoms with Crippen LogP contribution in [0.5, 0.6) is 5.75 Å². The molecule has 0 saturated heterocycles. The number of benzene rings is 1. The Balaban J connectivity index is 2.16. The van der Waals surface area contributed by atoms with Gasteiger partial charge in [0, 0.05) is 0 Å². The molecule has 0 aromatic heterocycles. The largest absolute Gasteiger partial charge is 0.491 e. The highest BCUT2D eigenvalue weighted by Gasteiger charge is 2.14. The van der Waals surface area contributed by atoms with E-state index < -0.39 is 10.0 Å². The maximum Gasteiger partial charge on any atom is 0.209 e. The number of sulfonamides is 1. The first kappa shape index (κ1) is 15.9. The van der Waals surface area contributed by atoms with E-state index in [1.165, 1.54) is 0 Å². The first-order chi connectivity index (χ1) is 9.01. The smallest absolute Gasteiger partial charge is 0.209 e. The number of ether oxygens (including phenoxy) is 2. The van der Waals surface area contributed by atoms with Gasteiger partial charge in [-0.1, -0.05) is 31.5 Å². The monoisotopic (exact) mass is 287 g/mol. The van der Waals surface area contributed by atoms with Crippen LogP contribution in [0.15, 0.2) is 30.3 Å². The summed E-state index contributed by atoms with van der Waals surface area (Å²) in [5, 5.41) is 5.01. The van der Waals surface area contributed by atoms with Gasteiger partial charge >= 0.3 is 0 Å². The molecule has 0 radical (unpaired) electrons. The van der Waals surface area contributed by atoms with Gasteiger partial charge in [-0.15, -0.1) is 0 Å². The van der Waals surface area contributed by atoms with Gasteiger partial charge in [0.25, 0.3) is 0 Å². The molecular weight excluding hydrogens is 266 g/mol. The normalized spacial score (nSPS) is 13.2. The van der Waals surface area contributed by atoms with Crippen LogP contribution in [0.25, 0.3) is 0 Å². The Bertz CT molecular complexity index is 447. The second-order valence-corrected chi connectivity index (χ2v) is 6.00. The van der Waals surface area contributed by atoms with Gasteiger partial charge in [-0.25, -0.2) is 13.6 Å². The molecule has 5 nitrogen and oxygen atoms in total. The quantitative estimate of drug-likeness (QED) is 0.696. The lowest BCUT2D eigenvalue weighted by Gasteiger charge is -2.14. The topological polar surface area (TPSA) is 78.6 Å². The number of hydrogen-bond acceptors (Lipinski definition) is 4. The maximum atomic E-state index is 11.0. The van der Waals surface area contributed by atoms with Crippen molar-refractivity contribution in [2.24, 2.45) is 11.1 Å². The first-order valence-corrected chi connectivity index (χ1v) is 7.99. The van der Waals surface area contributed by atoms with Crippen LogP contribution in [0, 0.1) is 5.92 Å². The summed E-state index contributed by atoms with van der Waals surface area (Å²) >= 11 is 0. The van der Waals surface area contributed by atoms with Crippen molar-refractivity contribution in [2.45, 2.75) is 13.3 Å². The van der Waals surface area contributed by atoms with Crippen LogP contribution in [0.1, 0.15) is 13.3 Å². The molecule has 0 saturated carbocycles. The van der Waals surface area contributed by atoms with Crippen LogP contribution in [-0.4, -0.2) is 34.0 Å². The van der Waals surface area contributed by atoms with Gasteiger partial charge in [-0.2, -0.15) is 0 Å². The summed E-state index contributed by atoms with van der Waals surface area (Å²) in [6.45, 7) is 3.16. The molecular formula is C13H21NO4S. The zero-order valence-corrected chi connectivity index (χ0v) is 11.9. The van der Waals surface area contributed by atoms with Gasteiger partial charge in [0.2, 0.25) is 10.0 Å². The predicted octanol–water partition coefficient (Wildman–Crippen LogP) is 1.40. The van der Waals surface area contributed by atoms with E-state index in [-0.39, 0.29) is 11.7 Å². The van der Waals surface area contributed by atoms with E-state index in [1.54, 1.807) is 0 Å². The van der Waals surface area contributed by atoms with Gasteiger partial charge in [0.1, 0.15) is 12.4 Å². The van der Waals surface area contributed by atoms with Crippen molar-refractivity contribution < 1.29 is 17.9 Å². The molecule has 0 fully saturated rings. The van der Waals surface area contributed by atoms with E-state index in [4.69, 9.17) is 14.6 Å². The highest BCUT2D eigenvalue weighted by molar-refractivity contribution is 7.89. The fraction of sp³-hybridized carbons (Fsp3) is 0.538. The third kappa shape index (κ3) is 7.81. The highest BCUT2D eigenvalue weighted by Crippen LogP contribution is 2.08. The second-order valence-electron chi connectivity index (χ2n) is 4.34. The summed E-state index contributed by atoms with van der Waals surface area (Å²) in [5.41, 5.74) is 0. The van der Waals surface area contributed by atoms with Crippen LogP contribution in [0.4, 0.5) is 0 Å². The molecule has 6 heteroatoms. The SMILES string of the molecule is CCC(COCCOc1ccccc1)CS(N)(=O)=O. The van der Waals surface area contributed by atoms with Crippen LogP contribution in [0.3, 0.4) is 0 Å². The minimum absolute atomic E-state index is 0.0386. The van der Waals surface area contributed by atoms with Crippen LogP contribution < -0.4 is 9.88 Å². The first-order valence-electron chi connectivity index (χ1n) is 6.27. The molecule has 0 bridgehead atoms. The fourth-order valence-corrected chi connectivity index (χ4v) is 2.59. The van der Waals surface area contributed by atoms with Gasteiger partial charge in [0.05, 0.1) is 19.0 Å². The molecule has 0 amide bonds. The van der Waals surface area contributed by atoms with Crippen molar-refractivity contribution in [3.8, 4) is 5.75 Å². The minimum Gasteiger partial charge on any atom is -0.491 e. The van der Waals surface area contributed by atoms with Crippen molar-refractivity contribution >= 4 is 10.0 Å². The van der Waals surface area contributed by atoms with E-state index >= 15 is 0 Å². The molecule has 2 N–H and O–H groups in total. The van der Waals surface area contributed by atoms with Gasteiger partial charge < -0.3 is 9.47 Å². The Kier molecular flexibility index (Phi) is 6.83. The number of hydrogen-bond donors (Lipinski definition) is 1. The molecule has 0 spiro atoms. The lowest BCUT2D eigenvalue weighted by molar-refractivity contribution is 0.0778. The van der Waals surface area contributed by atoms with Crippen molar-refractivity contribution in [1.29, 1.82) is 0 Å². The Hall–Kier alpha value is -1.11. The zero-order chi connectivity index (χ0) is 14.1. The van der Waals surface area contributed by atoms with Gasteiger partial charge in [-0.3, -0.25) is 0 Å². The third-order valence-electron chi connectivity index (χ3n) is 2.64. The maximum absolute atomic E-state index is 11.0. The lowest BCUT2D eigenvalue weighted by Crippen LogP contribution is -2.26. The Labute approximate surface area is 114 Å². The summed E-state index contributed by atoms with van der Waals surface area (Å²) in [4.78, 5) is 0. The number of nitrogens with two attached hydrogens (primary N) is 1. The lowest BCUT2D eigenvalue weighted by atomic mass is 10.1. The van der Waals surface area contributed by atoms with Crippen LogP contribution >= 0.6 is 0 Å². The Morgan fingerprint density at radius 3 is 2.47 bits per heavy atom. The molecule has 0 aliphatic heterocycles. The van der Waals surface area contributed by atoms with Crippen molar-refractivity contribution in [1.82, 2.24) is 0 Å². The summed E-state index contributed by atoms with van der Waals surface area (Å²) < 4.78 is 32.8. The van der Waals surface area contributed by atoms with Crippen LogP contribution in [0.2, 0.25) is 0 Å². The standard InChI is InChI=1S/C13H21NO4S/c1-2-12(11-19(14,15)16)10-17-8-9-18-13-6-4-3-5-7-13/h3-7,12H,2,8-11H2,1H3,(H2,14,15,16). The van der Waals surface area contributed by atoms with Crippen molar-refractivity contribution in [3.63, 3.8) is 0 Å². The minimum atomic E-state index is -3.43. The molecule has 0 aliphatic rings. The molecule has 0 aliphatic carbocycles. The molecule has 1 rings (SSSR count). The van der Waals surface area contributed by atoms with E-state index in [0.29, 0.717) is 19.8 Å². The molecule has 1 atom stereocenters. The molecule has 1 unspecified atom stereocenters. The van der Waals surface area contributed by atoms with Crippen molar-refractivity contribution in [3.05, 3.63) is 30.3 Å². The molecule has 1 aromatic carbocycles. The fourth-order valence-electron chi connectivity index (χ4n) is 1.60. The summed E-state index contributed by atoms with van der Waals surface area (Å²) in [5.74, 6) is 0.692. The van der Waals surface area contributed by atoms with Gasteiger partial charge in [0.15, 0.2) is 0 Å². The summed E-state index contributed by atoms with van der Waals surface area (Å²) in [7, 11) is -3.43. The molecule has 108 valence electrons. The number of para-hydroxylation sites is 1. The average molecular weight is 287 g/mol. The predicted molar refractivity (Wildman–Crippen MR) is 74.5 cm³/mol. The number of primary sulfonamides is 1. The molecule has 19 heavy (non-hydrogen) atoms. The molecule has 1 aromatic rings. The van der Waals surface area contributed by atoms with Gasteiger partial charge in [-0.05, 0) is 18.1 Å². The van der Waals surface area contributed by atoms with E-state index in [9.17, 15) is 8.42 Å². The molecule has 0 heterocycles. The van der Waals surface area contributed by atoms with Crippen molar-refractivity contribution in [2.75, 3.05) is 25.6 Å². The summed E-state index contributed by atoms with van der Waals surface area (Å²) in [6.07, 6.45) is 0.718. The average Bonchev–Trinajstić information content (AvgIpc) is 2.37. The Morgan fingerprint density at radius 1 is 1.21 bits per heavy atom. The van der Waals surface area contributed by atoms with E-state index in [0.717, 1.165) is 12.2 Å². The third-order valence-corrected chi connectivity index (χ3v) is 3.57. The second kappa shape index (κ2) is 8.14. The highest BCUT2D eigenvalue weighted by atomic mass is 32.2. The zero-order valence-electron chi connectivity index (χ0n) is 11.1. The van der Waals surface area contributed by atoms with E-state index in [2.05, 4.69) is 0 Å². The summed E-state index contributed by atoms with van der Waals surface area (Å²) in [6, 6.07) is 9.46. The number of rotatable bonds is 9. The van der Waals surface area contributed by atoms with Crippen LogP contribution in [-0.2, 0) is 14.8 Å². The van der Waals surface area contributed by atoms with E-state index in [1.807, 2.05) is 37.3 Å².